The number of carbonyl (C=O) groups is 1. The molecule has 2 aromatic heterocycles. The van der Waals surface area contributed by atoms with Crippen molar-refractivity contribution in [3.05, 3.63) is 60.2 Å². The summed E-state index contributed by atoms with van der Waals surface area (Å²) >= 11 is 0. The molecule has 2 heterocycles. The Morgan fingerprint density at radius 2 is 1.68 bits per heavy atom. The third kappa shape index (κ3) is 3.17. The monoisotopic (exact) mass is 373 g/mol. The standard InChI is InChI=1S/C22H23N5O/c1-2-3-9-14-24-22(28)18-19-21(26-17-13-8-7-12-16(17)25-19)27(20(18)23)15-10-5-4-6-11-15/h4-8,10-13H,2-3,9,14,23H2,1H3,(H,24,28). The zero-order valence-electron chi connectivity index (χ0n) is 15.9. The normalized spacial score (nSPS) is 11.2. The number of hydrogen-bond acceptors (Lipinski definition) is 4. The molecule has 0 aliphatic rings. The van der Waals surface area contributed by atoms with Crippen LogP contribution in [-0.4, -0.2) is 27.0 Å². The lowest BCUT2D eigenvalue weighted by molar-refractivity contribution is 0.0955. The first-order valence-corrected chi connectivity index (χ1v) is 9.61. The summed E-state index contributed by atoms with van der Waals surface area (Å²) in [4.78, 5) is 22.4. The van der Waals surface area contributed by atoms with E-state index in [9.17, 15) is 4.79 Å². The molecule has 0 bridgehead atoms. The van der Waals surface area contributed by atoms with Gasteiger partial charge in [0.2, 0.25) is 0 Å². The molecular weight excluding hydrogens is 350 g/mol. The van der Waals surface area contributed by atoms with E-state index < -0.39 is 0 Å². The summed E-state index contributed by atoms with van der Waals surface area (Å²) in [5.41, 5.74) is 10.3. The van der Waals surface area contributed by atoms with Crippen LogP contribution in [0.15, 0.2) is 54.6 Å². The van der Waals surface area contributed by atoms with Gasteiger partial charge in [0.15, 0.2) is 5.65 Å². The van der Waals surface area contributed by atoms with Gasteiger partial charge in [-0.1, -0.05) is 50.1 Å². The average molecular weight is 373 g/mol. The SMILES string of the molecule is CCCCCNC(=O)c1c(N)n(-c2ccccc2)c2nc3ccccc3nc12. The molecule has 4 rings (SSSR count). The van der Waals surface area contributed by atoms with Crippen molar-refractivity contribution >= 4 is 33.9 Å². The maximum atomic E-state index is 13.0. The summed E-state index contributed by atoms with van der Waals surface area (Å²) in [6.45, 7) is 2.75. The van der Waals surface area contributed by atoms with E-state index >= 15 is 0 Å². The number of rotatable bonds is 6. The minimum Gasteiger partial charge on any atom is -0.384 e. The predicted molar refractivity (Wildman–Crippen MR) is 113 cm³/mol. The van der Waals surface area contributed by atoms with Crippen molar-refractivity contribution in [2.24, 2.45) is 0 Å². The minimum atomic E-state index is -0.210. The summed E-state index contributed by atoms with van der Waals surface area (Å²) in [6, 6.07) is 17.3. The maximum absolute atomic E-state index is 13.0. The predicted octanol–water partition coefficient (Wildman–Crippen LogP) is 4.08. The van der Waals surface area contributed by atoms with Crippen LogP contribution >= 0.6 is 0 Å². The van der Waals surface area contributed by atoms with E-state index in [1.165, 1.54) is 0 Å². The van der Waals surface area contributed by atoms with E-state index in [-0.39, 0.29) is 5.91 Å². The molecule has 28 heavy (non-hydrogen) atoms. The zero-order chi connectivity index (χ0) is 19.5. The van der Waals surface area contributed by atoms with Gasteiger partial charge in [0.05, 0.1) is 11.0 Å². The molecule has 0 unspecified atom stereocenters. The minimum absolute atomic E-state index is 0.210. The van der Waals surface area contributed by atoms with Gasteiger partial charge in [-0.25, -0.2) is 9.97 Å². The first-order valence-electron chi connectivity index (χ1n) is 9.61. The highest BCUT2D eigenvalue weighted by atomic mass is 16.1. The first kappa shape index (κ1) is 18.0. The fraction of sp³-hybridized carbons (Fsp3) is 0.227. The molecule has 0 aliphatic carbocycles. The van der Waals surface area contributed by atoms with Crippen LogP contribution < -0.4 is 11.1 Å². The molecule has 2 aromatic carbocycles. The van der Waals surface area contributed by atoms with Crippen molar-refractivity contribution in [3.8, 4) is 5.69 Å². The van der Waals surface area contributed by atoms with Crippen LogP contribution in [0.5, 0.6) is 0 Å². The second-order valence-corrected chi connectivity index (χ2v) is 6.78. The first-order chi connectivity index (χ1) is 13.7. The van der Waals surface area contributed by atoms with Crippen LogP contribution in [0.3, 0.4) is 0 Å². The third-order valence-corrected chi connectivity index (χ3v) is 4.81. The number of hydrogen-bond donors (Lipinski definition) is 2. The Labute approximate surface area is 163 Å². The van der Waals surface area contributed by atoms with Gasteiger partial charge >= 0.3 is 0 Å². The Kier molecular flexibility index (Phi) is 4.93. The summed E-state index contributed by atoms with van der Waals surface area (Å²) in [5.74, 6) is 0.141. The van der Waals surface area contributed by atoms with E-state index in [2.05, 4.69) is 12.2 Å². The lowest BCUT2D eigenvalue weighted by Crippen LogP contribution is -2.25. The van der Waals surface area contributed by atoms with E-state index in [0.717, 1.165) is 36.0 Å². The molecule has 0 fully saturated rings. The van der Waals surface area contributed by atoms with Gasteiger partial charge in [-0.05, 0) is 30.7 Å². The summed E-state index contributed by atoms with van der Waals surface area (Å²) in [5, 5.41) is 2.98. The number of fused-ring (bicyclic) bond motifs is 2. The highest BCUT2D eigenvalue weighted by molar-refractivity contribution is 6.11. The molecule has 0 spiro atoms. The van der Waals surface area contributed by atoms with Crippen molar-refractivity contribution in [1.29, 1.82) is 0 Å². The van der Waals surface area contributed by atoms with Gasteiger partial charge in [0.1, 0.15) is 16.9 Å². The van der Waals surface area contributed by atoms with Crippen LogP contribution in [0.4, 0.5) is 5.82 Å². The number of unbranched alkanes of at least 4 members (excludes halogenated alkanes) is 2. The second-order valence-electron chi connectivity index (χ2n) is 6.78. The van der Waals surface area contributed by atoms with E-state index in [1.54, 1.807) is 4.57 Å². The second kappa shape index (κ2) is 7.68. The Morgan fingerprint density at radius 1 is 1.00 bits per heavy atom. The smallest absolute Gasteiger partial charge is 0.257 e. The number of anilines is 1. The molecule has 4 aromatic rings. The summed E-state index contributed by atoms with van der Waals surface area (Å²) < 4.78 is 1.80. The Morgan fingerprint density at radius 3 is 2.39 bits per heavy atom. The van der Waals surface area contributed by atoms with E-state index in [0.29, 0.717) is 29.1 Å². The Balaban J connectivity index is 1.89. The summed E-state index contributed by atoms with van der Waals surface area (Å²) in [7, 11) is 0. The molecule has 0 aliphatic heterocycles. The average Bonchev–Trinajstić information content (AvgIpc) is 3.00. The molecule has 0 saturated carbocycles. The van der Waals surface area contributed by atoms with Crippen molar-refractivity contribution in [3.63, 3.8) is 0 Å². The molecule has 3 N–H and O–H groups in total. The van der Waals surface area contributed by atoms with Crippen LogP contribution in [0, 0.1) is 0 Å². The number of aromatic nitrogens is 3. The Bertz CT molecular complexity index is 1130. The highest BCUT2D eigenvalue weighted by Crippen LogP contribution is 2.30. The molecular formula is C22H23N5O. The van der Waals surface area contributed by atoms with E-state index in [1.807, 2.05) is 54.6 Å². The number of nitrogens with two attached hydrogens (primary N) is 1. The van der Waals surface area contributed by atoms with Gasteiger partial charge in [-0.15, -0.1) is 0 Å². The molecule has 0 radical (unpaired) electrons. The molecule has 6 nitrogen and oxygen atoms in total. The fourth-order valence-electron chi connectivity index (χ4n) is 3.39. The van der Waals surface area contributed by atoms with E-state index in [4.69, 9.17) is 15.7 Å². The van der Waals surface area contributed by atoms with Crippen LogP contribution in [0.2, 0.25) is 0 Å². The number of para-hydroxylation sites is 3. The number of nitrogens with zero attached hydrogens (tertiary/aromatic N) is 3. The number of carbonyl (C=O) groups excluding carboxylic acids is 1. The maximum Gasteiger partial charge on any atom is 0.257 e. The highest BCUT2D eigenvalue weighted by Gasteiger charge is 2.24. The van der Waals surface area contributed by atoms with Crippen molar-refractivity contribution in [2.75, 3.05) is 12.3 Å². The van der Waals surface area contributed by atoms with Gasteiger partial charge in [-0.2, -0.15) is 0 Å². The van der Waals surface area contributed by atoms with Gasteiger partial charge in [-0.3, -0.25) is 9.36 Å². The van der Waals surface area contributed by atoms with Crippen molar-refractivity contribution in [2.45, 2.75) is 26.2 Å². The lowest BCUT2D eigenvalue weighted by Gasteiger charge is -2.08. The van der Waals surface area contributed by atoms with Crippen LogP contribution in [-0.2, 0) is 0 Å². The molecule has 6 heteroatoms. The number of benzene rings is 2. The molecule has 142 valence electrons. The third-order valence-electron chi connectivity index (χ3n) is 4.81. The molecule has 1 amide bonds. The van der Waals surface area contributed by atoms with Crippen molar-refractivity contribution in [1.82, 2.24) is 19.9 Å². The topological polar surface area (TPSA) is 85.8 Å². The van der Waals surface area contributed by atoms with Crippen LogP contribution in [0.25, 0.3) is 27.9 Å². The molecule has 0 atom stereocenters. The fourth-order valence-corrected chi connectivity index (χ4v) is 3.39. The quantitative estimate of drug-likeness (QED) is 0.499. The number of nitrogens with one attached hydrogen (secondary N) is 1. The van der Waals surface area contributed by atoms with Gasteiger partial charge < -0.3 is 11.1 Å². The van der Waals surface area contributed by atoms with Gasteiger partial charge in [0, 0.05) is 12.2 Å². The number of nitrogen functional groups attached to an aromatic ring is 1. The Hall–Kier alpha value is -3.41. The zero-order valence-corrected chi connectivity index (χ0v) is 15.9. The number of amides is 1. The van der Waals surface area contributed by atoms with Crippen molar-refractivity contribution < 1.29 is 4.79 Å². The largest absolute Gasteiger partial charge is 0.384 e. The summed E-state index contributed by atoms with van der Waals surface area (Å²) in [6.07, 6.45) is 3.11. The van der Waals surface area contributed by atoms with Crippen LogP contribution in [0.1, 0.15) is 36.5 Å². The molecule has 0 saturated heterocycles. The lowest BCUT2D eigenvalue weighted by atomic mass is 10.2. The van der Waals surface area contributed by atoms with Gasteiger partial charge in [0.25, 0.3) is 5.91 Å².